The Kier molecular flexibility index (Phi) is 4.11. The number of para-hydroxylation sites is 1. The van der Waals surface area contributed by atoms with Crippen LogP contribution in [0, 0.1) is 0 Å². The number of hydrogen-bond donors (Lipinski definition) is 2. The van der Waals surface area contributed by atoms with Crippen molar-refractivity contribution in [3.05, 3.63) is 41.2 Å². The molecule has 0 atom stereocenters. The molecule has 1 fully saturated rings. The van der Waals surface area contributed by atoms with E-state index >= 15 is 0 Å². The molecule has 0 bridgehead atoms. The van der Waals surface area contributed by atoms with Gasteiger partial charge < -0.3 is 15.6 Å². The summed E-state index contributed by atoms with van der Waals surface area (Å²) in [5, 5.41) is 4.26. The van der Waals surface area contributed by atoms with Gasteiger partial charge >= 0.3 is 0 Å². The number of nitrogens with zero attached hydrogens (tertiary/aromatic N) is 2. The lowest BCUT2D eigenvalue weighted by Gasteiger charge is -2.06. The molecule has 0 unspecified atom stereocenters. The number of aryl methyl sites for hydroxylation is 1. The van der Waals surface area contributed by atoms with Crippen LogP contribution in [0.1, 0.15) is 18.1 Å². The SMILES string of the molecule is CCc1cccc2c(/C=C3\NC(=S)N(C)C3=O)cn(CC(N)=O)c12. The lowest BCUT2D eigenvalue weighted by atomic mass is 10.1. The average Bonchev–Trinajstić information content (AvgIpc) is 3.00. The Labute approximate surface area is 144 Å². The van der Waals surface area contributed by atoms with E-state index in [1.54, 1.807) is 13.1 Å². The van der Waals surface area contributed by atoms with Crippen molar-refractivity contribution in [3.63, 3.8) is 0 Å². The summed E-state index contributed by atoms with van der Waals surface area (Å²) in [6, 6.07) is 5.97. The van der Waals surface area contributed by atoms with Gasteiger partial charge in [0.2, 0.25) is 5.91 Å². The van der Waals surface area contributed by atoms with E-state index < -0.39 is 5.91 Å². The molecule has 124 valence electrons. The van der Waals surface area contributed by atoms with Crippen LogP contribution in [0.15, 0.2) is 30.1 Å². The minimum absolute atomic E-state index is 0.0936. The number of aromatic nitrogens is 1. The zero-order valence-electron chi connectivity index (χ0n) is 13.5. The topological polar surface area (TPSA) is 80.4 Å². The standard InChI is InChI=1S/C17H18N4O2S/c1-3-10-5-4-6-12-11(8-21(15(10)12)9-14(18)22)7-13-16(23)20(2)17(24)19-13/h4-8H,3,9H2,1-2H3,(H2,18,22)(H,19,24)/b13-7-. The van der Waals surface area contributed by atoms with Gasteiger partial charge in [0.05, 0.1) is 5.52 Å². The number of nitrogens with one attached hydrogen (secondary N) is 1. The molecular weight excluding hydrogens is 324 g/mol. The van der Waals surface area contributed by atoms with Crippen molar-refractivity contribution < 1.29 is 9.59 Å². The summed E-state index contributed by atoms with van der Waals surface area (Å²) in [5.74, 6) is -0.588. The largest absolute Gasteiger partial charge is 0.368 e. The Morgan fingerprint density at radius 2 is 2.17 bits per heavy atom. The summed E-state index contributed by atoms with van der Waals surface area (Å²) in [7, 11) is 1.63. The van der Waals surface area contributed by atoms with Crippen molar-refractivity contribution in [1.29, 1.82) is 0 Å². The molecule has 1 aliphatic rings. The number of amides is 2. The van der Waals surface area contributed by atoms with Crippen molar-refractivity contribution in [3.8, 4) is 0 Å². The Morgan fingerprint density at radius 3 is 2.75 bits per heavy atom. The monoisotopic (exact) mass is 342 g/mol. The third-order valence-corrected chi connectivity index (χ3v) is 4.48. The smallest absolute Gasteiger partial charge is 0.276 e. The molecule has 2 aromatic rings. The molecule has 1 aromatic carbocycles. The first-order valence-electron chi connectivity index (χ1n) is 7.62. The highest BCUT2D eigenvalue weighted by Gasteiger charge is 2.27. The molecule has 1 aliphatic heterocycles. The van der Waals surface area contributed by atoms with Crippen molar-refractivity contribution in [2.24, 2.45) is 5.73 Å². The Bertz CT molecular complexity index is 897. The fourth-order valence-corrected chi connectivity index (χ4v) is 3.13. The lowest BCUT2D eigenvalue weighted by molar-refractivity contribution is -0.121. The minimum Gasteiger partial charge on any atom is -0.368 e. The van der Waals surface area contributed by atoms with Crippen LogP contribution in [0.25, 0.3) is 17.0 Å². The van der Waals surface area contributed by atoms with Crippen LogP contribution in [0.3, 0.4) is 0 Å². The molecule has 2 amide bonds. The molecule has 3 rings (SSSR count). The van der Waals surface area contributed by atoms with Gasteiger partial charge in [-0.05, 0) is 30.3 Å². The average molecular weight is 342 g/mol. The van der Waals surface area contributed by atoms with E-state index in [-0.39, 0.29) is 12.5 Å². The molecule has 3 N–H and O–H groups in total. The zero-order chi connectivity index (χ0) is 17.4. The second-order valence-corrected chi connectivity index (χ2v) is 6.08. The summed E-state index contributed by atoms with van der Waals surface area (Å²) >= 11 is 5.10. The van der Waals surface area contributed by atoms with Gasteiger partial charge in [-0.2, -0.15) is 0 Å². The second kappa shape index (κ2) is 6.09. The Balaban J connectivity index is 2.17. The van der Waals surface area contributed by atoms with Crippen molar-refractivity contribution in [1.82, 2.24) is 14.8 Å². The number of primary amides is 1. The van der Waals surface area contributed by atoms with Crippen LogP contribution in [0.2, 0.25) is 0 Å². The minimum atomic E-state index is -0.409. The second-order valence-electron chi connectivity index (χ2n) is 5.70. The number of likely N-dealkylation sites (N-methyl/N-ethyl adjacent to an activating group) is 1. The van der Waals surface area contributed by atoms with Crippen LogP contribution >= 0.6 is 12.2 Å². The van der Waals surface area contributed by atoms with Gasteiger partial charge in [0.25, 0.3) is 5.91 Å². The normalized spacial score (nSPS) is 16.2. The van der Waals surface area contributed by atoms with Gasteiger partial charge in [-0.25, -0.2) is 0 Å². The fourth-order valence-electron chi connectivity index (χ4n) is 2.94. The molecule has 0 saturated carbocycles. The fraction of sp³-hybridized carbons (Fsp3) is 0.235. The van der Waals surface area contributed by atoms with Crippen LogP contribution in [-0.2, 0) is 22.6 Å². The summed E-state index contributed by atoms with van der Waals surface area (Å²) in [4.78, 5) is 25.0. The number of rotatable bonds is 4. The third kappa shape index (κ3) is 2.67. The van der Waals surface area contributed by atoms with E-state index in [9.17, 15) is 9.59 Å². The molecule has 0 aliphatic carbocycles. The molecule has 0 radical (unpaired) electrons. The van der Waals surface area contributed by atoms with Crippen molar-refractivity contribution in [2.75, 3.05) is 7.05 Å². The molecule has 1 saturated heterocycles. The predicted octanol–water partition coefficient (Wildman–Crippen LogP) is 1.38. The van der Waals surface area contributed by atoms with Gasteiger partial charge in [0, 0.05) is 24.2 Å². The van der Waals surface area contributed by atoms with E-state index in [0.29, 0.717) is 10.8 Å². The van der Waals surface area contributed by atoms with E-state index in [4.69, 9.17) is 18.0 Å². The zero-order valence-corrected chi connectivity index (χ0v) is 14.3. The maximum atomic E-state index is 12.2. The van der Waals surface area contributed by atoms with Crippen LogP contribution in [0.5, 0.6) is 0 Å². The lowest BCUT2D eigenvalue weighted by Crippen LogP contribution is -2.25. The molecule has 24 heavy (non-hydrogen) atoms. The van der Waals surface area contributed by atoms with Crippen LogP contribution in [0.4, 0.5) is 0 Å². The van der Waals surface area contributed by atoms with Gasteiger partial charge in [0.1, 0.15) is 12.2 Å². The number of thiocarbonyl (C=S) groups is 1. The number of hydrogen-bond acceptors (Lipinski definition) is 3. The van der Waals surface area contributed by atoms with Crippen LogP contribution in [-0.4, -0.2) is 33.4 Å². The molecule has 0 spiro atoms. The van der Waals surface area contributed by atoms with Crippen LogP contribution < -0.4 is 11.1 Å². The number of carbonyl (C=O) groups is 2. The summed E-state index contributed by atoms with van der Waals surface area (Å²) in [6.07, 6.45) is 4.44. The van der Waals surface area contributed by atoms with Gasteiger partial charge in [-0.15, -0.1) is 0 Å². The Hall–Kier alpha value is -2.67. The highest BCUT2D eigenvalue weighted by atomic mass is 32.1. The predicted molar refractivity (Wildman–Crippen MR) is 97.0 cm³/mol. The molecule has 7 heteroatoms. The van der Waals surface area contributed by atoms with Crippen molar-refractivity contribution in [2.45, 2.75) is 19.9 Å². The maximum Gasteiger partial charge on any atom is 0.276 e. The van der Waals surface area contributed by atoms with E-state index in [1.165, 1.54) is 4.90 Å². The first-order valence-corrected chi connectivity index (χ1v) is 8.03. The first-order chi connectivity index (χ1) is 11.4. The maximum absolute atomic E-state index is 12.2. The van der Waals surface area contributed by atoms with E-state index in [1.807, 2.05) is 29.0 Å². The number of nitrogens with two attached hydrogens (primary N) is 1. The molecule has 1 aromatic heterocycles. The van der Waals surface area contributed by atoms with Gasteiger partial charge in [0.15, 0.2) is 5.11 Å². The number of benzene rings is 1. The number of fused-ring (bicyclic) bond motifs is 1. The Morgan fingerprint density at radius 1 is 1.42 bits per heavy atom. The van der Waals surface area contributed by atoms with E-state index in [2.05, 4.69) is 12.2 Å². The van der Waals surface area contributed by atoms with Gasteiger partial charge in [-0.3, -0.25) is 14.5 Å². The van der Waals surface area contributed by atoms with Gasteiger partial charge in [-0.1, -0.05) is 25.1 Å². The molecular formula is C17H18N4O2S. The van der Waals surface area contributed by atoms with Crippen molar-refractivity contribution >= 4 is 46.1 Å². The summed E-state index contributed by atoms with van der Waals surface area (Å²) in [6.45, 7) is 2.15. The number of carbonyl (C=O) groups excluding carboxylic acids is 2. The highest BCUT2D eigenvalue weighted by Crippen LogP contribution is 2.27. The highest BCUT2D eigenvalue weighted by molar-refractivity contribution is 7.80. The molecule has 6 nitrogen and oxygen atoms in total. The third-order valence-electron chi connectivity index (χ3n) is 4.10. The van der Waals surface area contributed by atoms with E-state index in [0.717, 1.165) is 28.5 Å². The quantitative estimate of drug-likeness (QED) is 0.650. The summed E-state index contributed by atoms with van der Waals surface area (Å²) in [5.41, 5.74) is 8.72. The molecule has 2 heterocycles. The summed E-state index contributed by atoms with van der Waals surface area (Å²) < 4.78 is 1.84. The first kappa shape index (κ1) is 16.2.